The Hall–Kier alpha value is -0.820. The van der Waals surface area contributed by atoms with Gasteiger partial charge in [0.25, 0.3) is 0 Å². The first-order valence-corrected chi connectivity index (χ1v) is 8.47. The molecule has 0 radical (unpaired) electrons. The molecule has 0 bridgehead atoms. The molecule has 1 fully saturated rings. The SMILES string of the molecule is CCNC(=NCC1CCCN(C)C1)NC(C)c1ccccc1.I. The lowest BCUT2D eigenvalue weighted by Gasteiger charge is -2.29. The zero-order valence-corrected chi connectivity index (χ0v) is 16.9. The first-order valence-electron chi connectivity index (χ1n) is 8.47. The minimum Gasteiger partial charge on any atom is -0.357 e. The second-order valence-electron chi connectivity index (χ2n) is 6.27. The van der Waals surface area contributed by atoms with Crippen LogP contribution in [0.25, 0.3) is 0 Å². The van der Waals surface area contributed by atoms with Gasteiger partial charge in [-0.2, -0.15) is 0 Å². The van der Waals surface area contributed by atoms with Gasteiger partial charge in [-0.1, -0.05) is 30.3 Å². The van der Waals surface area contributed by atoms with Crippen molar-refractivity contribution in [3.05, 3.63) is 35.9 Å². The average molecular weight is 430 g/mol. The second-order valence-corrected chi connectivity index (χ2v) is 6.27. The normalized spacial score (nSPS) is 20.5. The monoisotopic (exact) mass is 430 g/mol. The molecule has 0 amide bonds. The van der Waals surface area contributed by atoms with Gasteiger partial charge in [0.2, 0.25) is 0 Å². The summed E-state index contributed by atoms with van der Waals surface area (Å²) in [4.78, 5) is 7.22. The number of rotatable bonds is 5. The standard InChI is InChI=1S/C18H30N4.HI/c1-4-19-18(20-13-16-9-8-12-22(3)14-16)21-15(2)17-10-6-5-7-11-17;/h5-7,10-11,15-16H,4,8-9,12-14H2,1-3H3,(H2,19,20,21);1H. The fraction of sp³-hybridized carbons (Fsp3) is 0.611. The Morgan fingerprint density at radius 2 is 2.09 bits per heavy atom. The van der Waals surface area contributed by atoms with Gasteiger partial charge in [-0.3, -0.25) is 4.99 Å². The van der Waals surface area contributed by atoms with E-state index in [1.54, 1.807) is 0 Å². The van der Waals surface area contributed by atoms with Gasteiger partial charge in [-0.25, -0.2) is 0 Å². The van der Waals surface area contributed by atoms with Crippen molar-refractivity contribution < 1.29 is 0 Å². The highest BCUT2D eigenvalue weighted by molar-refractivity contribution is 14.0. The highest BCUT2D eigenvalue weighted by Gasteiger charge is 2.17. The van der Waals surface area contributed by atoms with E-state index in [2.05, 4.69) is 66.8 Å². The third-order valence-corrected chi connectivity index (χ3v) is 4.23. The van der Waals surface area contributed by atoms with Crippen molar-refractivity contribution in [2.75, 3.05) is 33.2 Å². The van der Waals surface area contributed by atoms with E-state index in [0.29, 0.717) is 5.92 Å². The molecule has 2 rings (SSSR count). The highest BCUT2D eigenvalue weighted by atomic mass is 127. The van der Waals surface area contributed by atoms with Gasteiger partial charge in [-0.15, -0.1) is 24.0 Å². The van der Waals surface area contributed by atoms with Crippen LogP contribution in [0.1, 0.15) is 38.3 Å². The fourth-order valence-electron chi connectivity index (χ4n) is 2.99. The van der Waals surface area contributed by atoms with Crippen LogP contribution in [0, 0.1) is 5.92 Å². The number of benzene rings is 1. The molecule has 1 aromatic rings. The van der Waals surface area contributed by atoms with Crippen LogP contribution in [0.15, 0.2) is 35.3 Å². The van der Waals surface area contributed by atoms with E-state index in [0.717, 1.165) is 25.6 Å². The van der Waals surface area contributed by atoms with Crippen molar-refractivity contribution in [2.45, 2.75) is 32.7 Å². The summed E-state index contributed by atoms with van der Waals surface area (Å²) in [6, 6.07) is 10.8. The Morgan fingerprint density at radius 1 is 1.35 bits per heavy atom. The van der Waals surface area contributed by atoms with E-state index in [1.807, 2.05) is 0 Å². The molecule has 0 aromatic heterocycles. The molecule has 0 aliphatic carbocycles. The lowest BCUT2D eigenvalue weighted by molar-refractivity contribution is 0.214. The highest BCUT2D eigenvalue weighted by Crippen LogP contribution is 2.15. The summed E-state index contributed by atoms with van der Waals surface area (Å²) in [5.74, 6) is 1.60. The Bertz CT molecular complexity index is 463. The smallest absolute Gasteiger partial charge is 0.191 e. The number of hydrogen-bond acceptors (Lipinski definition) is 2. The largest absolute Gasteiger partial charge is 0.357 e. The minimum atomic E-state index is 0. The summed E-state index contributed by atoms with van der Waals surface area (Å²) in [5.41, 5.74) is 1.28. The van der Waals surface area contributed by atoms with E-state index in [1.165, 1.54) is 24.9 Å². The Kier molecular flexibility index (Phi) is 9.55. The Labute approximate surface area is 158 Å². The van der Waals surface area contributed by atoms with Crippen molar-refractivity contribution >= 4 is 29.9 Å². The number of aliphatic imine (C=N–C) groups is 1. The van der Waals surface area contributed by atoms with E-state index < -0.39 is 0 Å². The van der Waals surface area contributed by atoms with Gasteiger partial charge in [0, 0.05) is 19.6 Å². The van der Waals surface area contributed by atoms with Gasteiger partial charge >= 0.3 is 0 Å². The third-order valence-electron chi connectivity index (χ3n) is 4.23. The summed E-state index contributed by atoms with van der Waals surface area (Å²) in [6.45, 7) is 8.47. The molecule has 23 heavy (non-hydrogen) atoms. The molecule has 5 heteroatoms. The second kappa shape index (κ2) is 10.9. The summed E-state index contributed by atoms with van der Waals surface area (Å²) in [7, 11) is 2.21. The van der Waals surface area contributed by atoms with Gasteiger partial charge in [-0.05, 0) is 51.8 Å². The van der Waals surface area contributed by atoms with Crippen LogP contribution in [-0.2, 0) is 0 Å². The summed E-state index contributed by atoms with van der Waals surface area (Å²) in [5, 5.41) is 6.87. The van der Waals surface area contributed by atoms with Crippen LogP contribution in [0.4, 0.5) is 0 Å². The van der Waals surface area contributed by atoms with Gasteiger partial charge < -0.3 is 15.5 Å². The fourth-order valence-corrected chi connectivity index (χ4v) is 2.99. The van der Waals surface area contributed by atoms with E-state index in [4.69, 9.17) is 4.99 Å². The van der Waals surface area contributed by atoms with Gasteiger partial charge in [0.1, 0.15) is 0 Å². The predicted molar refractivity (Wildman–Crippen MR) is 110 cm³/mol. The number of nitrogens with one attached hydrogen (secondary N) is 2. The molecule has 1 aliphatic rings. The lowest BCUT2D eigenvalue weighted by atomic mass is 9.99. The maximum atomic E-state index is 4.80. The number of nitrogens with zero attached hydrogens (tertiary/aromatic N) is 2. The van der Waals surface area contributed by atoms with Crippen molar-refractivity contribution in [1.82, 2.24) is 15.5 Å². The number of halogens is 1. The maximum Gasteiger partial charge on any atom is 0.191 e. The van der Waals surface area contributed by atoms with Crippen molar-refractivity contribution in [2.24, 2.45) is 10.9 Å². The minimum absolute atomic E-state index is 0. The maximum absolute atomic E-state index is 4.80. The molecule has 0 saturated carbocycles. The summed E-state index contributed by atoms with van der Waals surface area (Å²) in [6.07, 6.45) is 2.59. The molecule has 1 aliphatic heterocycles. The molecule has 0 spiro atoms. The summed E-state index contributed by atoms with van der Waals surface area (Å²) >= 11 is 0. The summed E-state index contributed by atoms with van der Waals surface area (Å²) < 4.78 is 0. The first kappa shape index (κ1) is 20.2. The van der Waals surface area contributed by atoms with E-state index >= 15 is 0 Å². The van der Waals surface area contributed by atoms with Crippen molar-refractivity contribution in [1.29, 1.82) is 0 Å². The van der Waals surface area contributed by atoms with Crippen molar-refractivity contribution in [3.8, 4) is 0 Å². The van der Waals surface area contributed by atoms with Gasteiger partial charge in [0.05, 0.1) is 6.04 Å². The topological polar surface area (TPSA) is 39.7 Å². The molecule has 130 valence electrons. The third kappa shape index (κ3) is 7.08. The van der Waals surface area contributed by atoms with Gasteiger partial charge in [0.15, 0.2) is 5.96 Å². The lowest BCUT2D eigenvalue weighted by Crippen LogP contribution is -2.40. The van der Waals surface area contributed by atoms with Crippen LogP contribution in [0.2, 0.25) is 0 Å². The molecular weight excluding hydrogens is 399 g/mol. The molecular formula is C18H31IN4. The molecule has 1 heterocycles. The number of likely N-dealkylation sites (tertiary alicyclic amines) is 1. The van der Waals surface area contributed by atoms with Crippen LogP contribution in [0.3, 0.4) is 0 Å². The van der Waals surface area contributed by atoms with Crippen LogP contribution in [0.5, 0.6) is 0 Å². The first-order chi connectivity index (χ1) is 10.7. The van der Waals surface area contributed by atoms with Crippen LogP contribution < -0.4 is 10.6 Å². The van der Waals surface area contributed by atoms with Crippen molar-refractivity contribution in [3.63, 3.8) is 0 Å². The Balaban J connectivity index is 0.00000264. The molecule has 2 N–H and O–H groups in total. The van der Waals surface area contributed by atoms with E-state index in [-0.39, 0.29) is 30.0 Å². The van der Waals surface area contributed by atoms with Crippen LogP contribution >= 0.6 is 24.0 Å². The predicted octanol–water partition coefficient (Wildman–Crippen LogP) is 3.26. The molecule has 1 aromatic carbocycles. The molecule has 1 saturated heterocycles. The molecule has 2 unspecified atom stereocenters. The zero-order chi connectivity index (χ0) is 15.8. The molecule has 2 atom stereocenters. The number of hydrogen-bond donors (Lipinski definition) is 2. The number of guanidine groups is 1. The molecule has 4 nitrogen and oxygen atoms in total. The van der Waals surface area contributed by atoms with Crippen LogP contribution in [-0.4, -0.2) is 44.1 Å². The Morgan fingerprint density at radius 3 is 2.74 bits per heavy atom. The zero-order valence-electron chi connectivity index (χ0n) is 14.6. The number of piperidine rings is 1. The average Bonchev–Trinajstić information content (AvgIpc) is 2.54. The quantitative estimate of drug-likeness (QED) is 0.428. The van der Waals surface area contributed by atoms with E-state index in [9.17, 15) is 0 Å².